The van der Waals surface area contributed by atoms with Crippen LogP contribution in [0.3, 0.4) is 0 Å². The number of halogens is 2. The van der Waals surface area contributed by atoms with Crippen LogP contribution in [0.5, 0.6) is 0 Å². The Morgan fingerprint density at radius 2 is 2.30 bits per heavy atom. The van der Waals surface area contributed by atoms with E-state index in [4.69, 9.17) is 5.26 Å². The van der Waals surface area contributed by atoms with Gasteiger partial charge in [0.25, 0.3) is 5.92 Å². The summed E-state index contributed by atoms with van der Waals surface area (Å²) in [6.07, 6.45) is -0.217. The molecule has 0 amide bonds. The highest BCUT2D eigenvalue weighted by molar-refractivity contribution is 4.97. The largest absolute Gasteiger partial charge is 0.315 e. The van der Waals surface area contributed by atoms with E-state index in [-0.39, 0.29) is 13.0 Å². The molecule has 1 N–H and O–H groups in total. The van der Waals surface area contributed by atoms with Gasteiger partial charge in [0.05, 0.1) is 6.07 Å². The smallest absolute Gasteiger partial charge is 0.266 e. The first kappa shape index (κ1) is 7.42. The molecule has 0 aromatic carbocycles. The Balaban J connectivity index is 2.62. The van der Waals surface area contributed by atoms with Crippen molar-refractivity contribution in [2.75, 3.05) is 13.1 Å². The van der Waals surface area contributed by atoms with Gasteiger partial charge < -0.3 is 5.32 Å². The van der Waals surface area contributed by atoms with Gasteiger partial charge in [-0.3, -0.25) is 0 Å². The van der Waals surface area contributed by atoms with Crippen molar-refractivity contribution in [2.45, 2.75) is 12.3 Å². The zero-order valence-electron chi connectivity index (χ0n) is 5.40. The summed E-state index contributed by atoms with van der Waals surface area (Å²) in [6.45, 7) is 0.425. The summed E-state index contributed by atoms with van der Waals surface area (Å²) < 4.78 is 25.2. The molecule has 0 saturated carbocycles. The number of piperidine rings is 1. The summed E-state index contributed by atoms with van der Waals surface area (Å²) in [5.74, 6) is -3.92. The van der Waals surface area contributed by atoms with Crippen molar-refractivity contribution < 1.29 is 8.78 Å². The molecular weight excluding hydrogens is 138 g/mol. The minimum absolute atomic E-state index is 0.115. The maximum atomic E-state index is 12.6. The molecule has 2 nitrogen and oxygen atoms in total. The molecule has 10 heavy (non-hydrogen) atoms. The normalized spacial score (nSPS) is 31.1. The Morgan fingerprint density at radius 3 is 2.70 bits per heavy atom. The lowest BCUT2D eigenvalue weighted by atomic mass is 9.97. The van der Waals surface area contributed by atoms with Crippen LogP contribution in [-0.2, 0) is 0 Å². The molecule has 1 aliphatic heterocycles. The van der Waals surface area contributed by atoms with E-state index in [9.17, 15) is 8.78 Å². The molecule has 1 rings (SSSR count). The Kier molecular flexibility index (Phi) is 1.86. The molecular formula is C6H8F2N2. The number of nitrogens with one attached hydrogen (secondary N) is 1. The van der Waals surface area contributed by atoms with Gasteiger partial charge in [-0.15, -0.1) is 0 Å². The Labute approximate surface area is 57.8 Å². The van der Waals surface area contributed by atoms with E-state index >= 15 is 0 Å². The SMILES string of the molecule is N#CC1CNCCC1(F)F. The summed E-state index contributed by atoms with van der Waals surface area (Å²) in [6, 6.07) is 1.58. The zero-order chi connectivity index (χ0) is 7.61. The molecule has 0 aliphatic carbocycles. The van der Waals surface area contributed by atoms with Gasteiger partial charge in [0.1, 0.15) is 5.92 Å². The number of hydrogen-bond acceptors (Lipinski definition) is 2. The second-order valence-electron chi connectivity index (χ2n) is 2.40. The summed E-state index contributed by atoms with van der Waals surface area (Å²) in [5.41, 5.74) is 0. The molecule has 1 unspecified atom stereocenters. The first-order chi connectivity index (χ1) is 4.67. The van der Waals surface area contributed by atoms with Crippen LogP contribution in [0.25, 0.3) is 0 Å². The molecule has 1 saturated heterocycles. The Hall–Kier alpha value is -0.690. The van der Waals surface area contributed by atoms with Gasteiger partial charge in [-0.2, -0.15) is 5.26 Å². The van der Waals surface area contributed by atoms with Gasteiger partial charge in [-0.05, 0) is 0 Å². The summed E-state index contributed by atoms with van der Waals surface area (Å²) in [5, 5.41) is 11.0. The molecule has 0 aromatic rings. The van der Waals surface area contributed by atoms with Crippen LogP contribution < -0.4 is 5.32 Å². The molecule has 0 radical (unpaired) electrons. The quantitative estimate of drug-likeness (QED) is 0.547. The maximum absolute atomic E-state index is 12.6. The van der Waals surface area contributed by atoms with Crippen molar-refractivity contribution in [2.24, 2.45) is 5.92 Å². The van der Waals surface area contributed by atoms with Crippen molar-refractivity contribution in [1.82, 2.24) is 5.32 Å². The van der Waals surface area contributed by atoms with Crippen molar-refractivity contribution in [1.29, 1.82) is 5.26 Å². The maximum Gasteiger partial charge on any atom is 0.266 e. The third-order valence-electron chi connectivity index (χ3n) is 1.65. The van der Waals surface area contributed by atoms with Gasteiger partial charge in [-0.1, -0.05) is 0 Å². The topological polar surface area (TPSA) is 35.8 Å². The van der Waals surface area contributed by atoms with Gasteiger partial charge in [0.2, 0.25) is 0 Å². The highest BCUT2D eigenvalue weighted by atomic mass is 19.3. The summed E-state index contributed by atoms with van der Waals surface area (Å²) in [4.78, 5) is 0. The number of rotatable bonds is 0. The minimum Gasteiger partial charge on any atom is -0.315 e. The monoisotopic (exact) mass is 146 g/mol. The molecule has 0 spiro atoms. The van der Waals surface area contributed by atoms with Crippen molar-refractivity contribution >= 4 is 0 Å². The molecule has 1 heterocycles. The number of nitrogens with zero attached hydrogens (tertiary/aromatic N) is 1. The van der Waals surface area contributed by atoms with E-state index in [1.54, 1.807) is 6.07 Å². The molecule has 1 fully saturated rings. The third kappa shape index (κ3) is 1.24. The van der Waals surface area contributed by atoms with Crippen molar-refractivity contribution in [3.63, 3.8) is 0 Å². The zero-order valence-corrected chi connectivity index (χ0v) is 5.40. The highest BCUT2D eigenvalue weighted by Crippen LogP contribution is 2.29. The van der Waals surface area contributed by atoms with E-state index in [1.165, 1.54) is 0 Å². The van der Waals surface area contributed by atoms with E-state index in [2.05, 4.69) is 5.32 Å². The molecule has 1 aliphatic rings. The number of nitriles is 1. The van der Waals surface area contributed by atoms with E-state index in [0.717, 1.165) is 0 Å². The van der Waals surface area contributed by atoms with Gasteiger partial charge in [-0.25, -0.2) is 8.78 Å². The fourth-order valence-corrected chi connectivity index (χ4v) is 0.965. The predicted octanol–water partition coefficient (Wildman–Crippen LogP) is 0.755. The van der Waals surface area contributed by atoms with Crippen molar-refractivity contribution in [3.8, 4) is 6.07 Å². The lowest BCUT2D eigenvalue weighted by Gasteiger charge is -2.26. The van der Waals surface area contributed by atoms with Gasteiger partial charge in [0.15, 0.2) is 0 Å². The summed E-state index contributed by atoms with van der Waals surface area (Å²) >= 11 is 0. The average Bonchev–Trinajstić information content (AvgIpc) is 1.87. The molecule has 0 aromatic heterocycles. The van der Waals surface area contributed by atoms with Crippen LogP contribution in [0.15, 0.2) is 0 Å². The lowest BCUT2D eigenvalue weighted by Crippen LogP contribution is -2.43. The lowest BCUT2D eigenvalue weighted by molar-refractivity contribution is -0.0574. The second-order valence-corrected chi connectivity index (χ2v) is 2.40. The van der Waals surface area contributed by atoms with Crippen molar-refractivity contribution in [3.05, 3.63) is 0 Å². The Morgan fingerprint density at radius 1 is 1.60 bits per heavy atom. The fraction of sp³-hybridized carbons (Fsp3) is 0.833. The van der Waals surface area contributed by atoms with E-state index in [1.807, 2.05) is 0 Å². The predicted molar refractivity (Wildman–Crippen MR) is 31.5 cm³/mol. The third-order valence-corrected chi connectivity index (χ3v) is 1.65. The van der Waals surface area contributed by atoms with Gasteiger partial charge >= 0.3 is 0 Å². The molecule has 0 bridgehead atoms. The first-order valence-corrected chi connectivity index (χ1v) is 3.15. The Bertz CT molecular complexity index is 162. The molecule has 56 valence electrons. The van der Waals surface area contributed by atoms with Crippen LogP contribution >= 0.6 is 0 Å². The number of alkyl halides is 2. The standard InChI is InChI=1S/C6H8F2N2/c7-6(8)1-2-10-4-5(6)3-9/h5,10H,1-2,4H2. The molecule has 4 heteroatoms. The average molecular weight is 146 g/mol. The minimum atomic E-state index is -2.78. The molecule has 1 atom stereocenters. The number of hydrogen-bond donors (Lipinski definition) is 1. The van der Waals surface area contributed by atoms with Crippen LogP contribution in [0.4, 0.5) is 8.78 Å². The second kappa shape index (κ2) is 2.51. The van der Waals surface area contributed by atoms with E-state index < -0.39 is 11.8 Å². The summed E-state index contributed by atoms with van der Waals surface area (Å²) in [7, 11) is 0. The van der Waals surface area contributed by atoms with E-state index in [0.29, 0.717) is 6.54 Å². The van der Waals surface area contributed by atoms with Crippen LogP contribution in [0.1, 0.15) is 6.42 Å². The van der Waals surface area contributed by atoms with Crippen LogP contribution in [0, 0.1) is 17.2 Å². The van der Waals surface area contributed by atoms with Gasteiger partial charge in [0, 0.05) is 19.5 Å². The van der Waals surface area contributed by atoms with Crippen LogP contribution in [-0.4, -0.2) is 19.0 Å². The van der Waals surface area contributed by atoms with Crippen LogP contribution in [0.2, 0.25) is 0 Å². The first-order valence-electron chi connectivity index (χ1n) is 3.15. The fourth-order valence-electron chi connectivity index (χ4n) is 0.965. The highest BCUT2D eigenvalue weighted by Gasteiger charge is 2.41.